The average molecular weight is 429 g/mol. The molecular formula is C23H28N2O4S. The van der Waals surface area contributed by atoms with Gasteiger partial charge < -0.3 is 9.64 Å². The minimum Gasteiger partial charge on any atom is -0.496 e. The highest BCUT2D eigenvalue weighted by atomic mass is 32.2. The molecular weight excluding hydrogens is 400 g/mol. The van der Waals surface area contributed by atoms with Gasteiger partial charge in [0.25, 0.3) is 0 Å². The van der Waals surface area contributed by atoms with E-state index < -0.39 is 10.0 Å². The number of aryl methyl sites for hydroxylation is 1. The number of nitrogens with one attached hydrogen (secondary N) is 1. The number of sulfonamides is 1. The van der Waals surface area contributed by atoms with E-state index in [1.807, 2.05) is 36.9 Å². The molecule has 7 heteroatoms. The Bertz CT molecular complexity index is 1080. The number of rotatable bonds is 7. The zero-order chi connectivity index (χ0) is 21.5. The first-order valence-electron chi connectivity index (χ1n) is 10.4. The van der Waals surface area contributed by atoms with E-state index in [2.05, 4.69) is 4.72 Å². The fourth-order valence-corrected chi connectivity index (χ4v) is 5.44. The first kappa shape index (κ1) is 20.9. The van der Waals surface area contributed by atoms with Gasteiger partial charge in [-0.1, -0.05) is 19.1 Å². The summed E-state index contributed by atoms with van der Waals surface area (Å²) in [6.07, 6.45) is 3.24. The molecule has 2 aromatic rings. The van der Waals surface area contributed by atoms with Gasteiger partial charge >= 0.3 is 0 Å². The third-order valence-corrected chi connectivity index (χ3v) is 7.45. The monoisotopic (exact) mass is 428 g/mol. The van der Waals surface area contributed by atoms with Gasteiger partial charge in [0.05, 0.1) is 12.0 Å². The number of ether oxygens (including phenoxy) is 1. The molecule has 160 valence electrons. The lowest BCUT2D eigenvalue weighted by Gasteiger charge is -2.20. The predicted octanol–water partition coefficient (Wildman–Crippen LogP) is 3.73. The number of anilines is 1. The molecule has 0 saturated heterocycles. The van der Waals surface area contributed by atoms with Crippen LogP contribution in [0.5, 0.6) is 5.75 Å². The SMILES string of the molecule is CC[C@@H](NS(=O)(=O)c1ccc2c(c1)CCN2C(=O)C1CC1)c1ccc(OC)c(C)c1. The second-order valence-corrected chi connectivity index (χ2v) is 9.83. The van der Waals surface area contributed by atoms with E-state index in [-0.39, 0.29) is 22.8 Å². The van der Waals surface area contributed by atoms with Crippen LogP contribution < -0.4 is 14.4 Å². The minimum atomic E-state index is -3.70. The van der Waals surface area contributed by atoms with Gasteiger partial charge in [-0.3, -0.25) is 4.79 Å². The number of hydrogen-bond acceptors (Lipinski definition) is 4. The van der Waals surface area contributed by atoms with Gasteiger partial charge in [0.1, 0.15) is 5.75 Å². The highest BCUT2D eigenvalue weighted by Gasteiger charge is 2.36. The Morgan fingerprint density at radius 2 is 2.00 bits per heavy atom. The van der Waals surface area contributed by atoms with Crippen molar-refractivity contribution in [3.8, 4) is 5.75 Å². The van der Waals surface area contributed by atoms with Crippen LogP contribution >= 0.6 is 0 Å². The van der Waals surface area contributed by atoms with Crippen LogP contribution in [-0.2, 0) is 21.2 Å². The Hall–Kier alpha value is -2.38. The number of carbonyl (C=O) groups is 1. The molecule has 0 spiro atoms. The van der Waals surface area contributed by atoms with E-state index in [1.54, 1.807) is 25.3 Å². The summed E-state index contributed by atoms with van der Waals surface area (Å²) in [4.78, 5) is 14.5. The highest BCUT2D eigenvalue weighted by molar-refractivity contribution is 7.89. The average Bonchev–Trinajstić information content (AvgIpc) is 3.50. The van der Waals surface area contributed by atoms with Crippen LogP contribution in [0.2, 0.25) is 0 Å². The van der Waals surface area contributed by atoms with Crippen LogP contribution in [0, 0.1) is 12.8 Å². The van der Waals surface area contributed by atoms with Gasteiger partial charge in [0, 0.05) is 24.2 Å². The second kappa shape index (κ2) is 8.04. The quantitative estimate of drug-likeness (QED) is 0.729. The maximum atomic E-state index is 13.1. The topological polar surface area (TPSA) is 75.7 Å². The molecule has 4 rings (SSSR count). The Morgan fingerprint density at radius 1 is 1.23 bits per heavy atom. The first-order chi connectivity index (χ1) is 14.3. The minimum absolute atomic E-state index is 0.152. The molecule has 0 aromatic heterocycles. The van der Waals surface area contributed by atoms with Gasteiger partial charge in [-0.05, 0) is 73.6 Å². The van der Waals surface area contributed by atoms with Crippen LogP contribution in [-0.4, -0.2) is 28.0 Å². The summed E-state index contributed by atoms with van der Waals surface area (Å²) in [7, 11) is -2.08. The normalized spacial score (nSPS) is 17.0. The number of fused-ring (bicyclic) bond motifs is 1. The van der Waals surface area contributed by atoms with Crippen molar-refractivity contribution in [2.45, 2.75) is 50.5 Å². The lowest BCUT2D eigenvalue weighted by atomic mass is 10.0. The van der Waals surface area contributed by atoms with Gasteiger partial charge in [-0.15, -0.1) is 0 Å². The van der Waals surface area contributed by atoms with E-state index in [0.717, 1.165) is 41.0 Å². The molecule has 2 aliphatic rings. The third-order valence-electron chi connectivity index (χ3n) is 5.98. The van der Waals surface area contributed by atoms with Crippen LogP contribution in [0.3, 0.4) is 0 Å². The van der Waals surface area contributed by atoms with Crippen molar-refractivity contribution in [1.29, 1.82) is 0 Å². The summed E-state index contributed by atoms with van der Waals surface area (Å²) in [5.74, 6) is 1.10. The standard InChI is InChI=1S/C23H28N2O4S/c1-4-20(17-7-10-22(29-3)15(2)13-17)24-30(27,28)19-8-9-21-18(14-19)11-12-25(21)23(26)16-5-6-16/h7-10,13-14,16,20,24H,4-6,11-12H2,1-3H3/t20-/m1/s1. The molecule has 0 radical (unpaired) electrons. The zero-order valence-electron chi connectivity index (χ0n) is 17.6. The molecule has 1 heterocycles. The van der Waals surface area contributed by atoms with E-state index in [9.17, 15) is 13.2 Å². The smallest absolute Gasteiger partial charge is 0.241 e. The molecule has 1 fully saturated rings. The van der Waals surface area contributed by atoms with E-state index in [0.29, 0.717) is 19.4 Å². The molecule has 1 saturated carbocycles. The second-order valence-electron chi connectivity index (χ2n) is 8.12. The number of amides is 1. The van der Waals surface area contributed by atoms with E-state index >= 15 is 0 Å². The van der Waals surface area contributed by atoms with Crippen molar-refractivity contribution in [3.05, 3.63) is 53.1 Å². The number of carbonyl (C=O) groups excluding carboxylic acids is 1. The lowest BCUT2D eigenvalue weighted by Crippen LogP contribution is -2.30. The van der Waals surface area contributed by atoms with E-state index in [1.165, 1.54) is 0 Å². The number of hydrogen-bond donors (Lipinski definition) is 1. The lowest BCUT2D eigenvalue weighted by molar-refractivity contribution is -0.119. The Kier molecular flexibility index (Phi) is 5.59. The van der Waals surface area contributed by atoms with Gasteiger partial charge in [-0.25, -0.2) is 13.1 Å². The molecule has 1 atom stereocenters. The Morgan fingerprint density at radius 3 is 2.63 bits per heavy atom. The summed E-state index contributed by atoms with van der Waals surface area (Å²) >= 11 is 0. The van der Waals surface area contributed by atoms with Crippen LogP contribution in [0.1, 0.15) is 48.9 Å². The van der Waals surface area contributed by atoms with E-state index in [4.69, 9.17) is 4.74 Å². The van der Waals surface area contributed by atoms with Crippen LogP contribution in [0.25, 0.3) is 0 Å². The number of nitrogens with zero attached hydrogens (tertiary/aromatic N) is 1. The summed E-state index contributed by atoms with van der Waals surface area (Å²) in [5, 5.41) is 0. The zero-order valence-corrected chi connectivity index (χ0v) is 18.5. The molecule has 1 aliphatic heterocycles. The van der Waals surface area contributed by atoms with Crippen molar-refractivity contribution in [2.24, 2.45) is 5.92 Å². The first-order valence-corrected chi connectivity index (χ1v) is 11.9. The maximum Gasteiger partial charge on any atom is 0.241 e. The Labute approximate surface area is 178 Å². The van der Waals surface area contributed by atoms with Gasteiger partial charge in [0.2, 0.25) is 15.9 Å². The van der Waals surface area contributed by atoms with Crippen molar-refractivity contribution in [2.75, 3.05) is 18.6 Å². The Balaban J connectivity index is 1.56. The van der Waals surface area contributed by atoms with Crippen LogP contribution in [0.4, 0.5) is 5.69 Å². The van der Waals surface area contributed by atoms with Gasteiger partial charge in [0.15, 0.2) is 0 Å². The van der Waals surface area contributed by atoms with Crippen molar-refractivity contribution >= 4 is 21.6 Å². The fourth-order valence-electron chi connectivity index (χ4n) is 4.09. The summed E-state index contributed by atoms with van der Waals surface area (Å²) in [6, 6.07) is 10.5. The third kappa shape index (κ3) is 3.96. The molecule has 6 nitrogen and oxygen atoms in total. The van der Waals surface area contributed by atoms with Crippen molar-refractivity contribution in [3.63, 3.8) is 0 Å². The molecule has 30 heavy (non-hydrogen) atoms. The maximum absolute atomic E-state index is 13.1. The summed E-state index contributed by atoms with van der Waals surface area (Å²) < 4.78 is 34.3. The fraction of sp³-hybridized carbons (Fsp3) is 0.435. The number of benzene rings is 2. The predicted molar refractivity (Wildman–Crippen MR) is 116 cm³/mol. The van der Waals surface area contributed by atoms with Crippen LogP contribution in [0.15, 0.2) is 41.3 Å². The molecule has 2 aromatic carbocycles. The molecule has 1 aliphatic carbocycles. The molecule has 1 amide bonds. The highest BCUT2D eigenvalue weighted by Crippen LogP contribution is 2.37. The number of methoxy groups -OCH3 is 1. The largest absolute Gasteiger partial charge is 0.496 e. The van der Waals surface area contributed by atoms with Crippen molar-refractivity contribution in [1.82, 2.24) is 4.72 Å². The molecule has 0 unspecified atom stereocenters. The summed E-state index contributed by atoms with van der Waals surface area (Å²) in [5.41, 5.74) is 3.64. The molecule has 0 bridgehead atoms. The molecule has 1 N–H and O–H groups in total. The summed E-state index contributed by atoms with van der Waals surface area (Å²) in [6.45, 7) is 4.53. The van der Waals surface area contributed by atoms with Crippen molar-refractivity contribution < 1.29 is 17.9 Å². The van der Waals surface area contributed by atoms with Gasteiger partial charge in [-0.2, -0.15) is 0 Å².